The number of ether oxygens (including phenoxy) is 1. The van der Waals surface area contributed by atoms with Crippen molar-refractivity contribution in [1.29, 1.82) is 0 Å². The normalized spacial score (nSPS) is 10.9. The van der Waals surface area contributed by atoms with Crippen LogP contribution in [0, 0.1) is 23.5 Å². The molecule has 0 spiro atoms. The maximum absolute atomic E-state index is 13.3. The first kappa shape index (κ1) is 26.8. The molecule has 2 amide bonds. The van der Waals surface area contributed by atoms with Gasteiger partial charge in [-0.05, 0) is 69.0 Å². The first-order valence-corrected chi connectivity index (χ1v) is 11.3. The highest BCUT2D eigenvalue weighted by molar-refractivity contribution is 5.76. The third-order valence-electron chi connectivity index (χ3n) is 4.91. The van der Waals surface area contributed by atoms with E-state index in [1.54, 1.807) is 45.0 Å². The van der Waals surface area contributed by atoms with Gasteiger partial charge in [0.1, 0.15) is 17.2 Å². The van der Waals surface area contributed by atoms with Gasteiger partial charge in [-0.25, -0.2) is 13.6 Å². The molecule has 7 heteroatoms. The molecule has 0 atom stereocenters. The number of halogens is 2. The Kier molecular flexibility index (Phi) is 10.5. The Morgan fingerprint density at radius 2 is 1.35 bits per heavy atom. The molecule has 34 heavy (non-hydrogen) atoms. The summed E-state index contributed by atoms with van der Waals surface area (Å²) in [5.41, 5.74) is 1.34. The third kappa shape index (κ3) is 10.5. The lowest BCUT2D eigenvalue weighted by Crippen LogP contribution is -2.32. The molecular weight excluding hydrogens is 438 g/mol. The monoisotopic (exact) mass is 470 g/mol. The molecule has 0 aromatic heterocycles. The molecule has 0 aliphatic heterocycles. The molecule has 0 aliphatic carbocycles. The van der Waals surface area contributed by atoms with Gasteiger partial charge in [0.25, 0.3) is 0 Å². The van der Waals surface area contributed by atoms with Crippen LogP contribution < -0.4 is 10.6 Å². The van der Waals surface area contributed by atoms with Crippen molar-refractivity contribution in [2.45, 2.75) is 58.0 Å². The molecule has 0 heterocycles. The Morgan fingerprint density at radius 1 is 0.853 bits per heavy atom. The fraction of sp³-hybridized carbons (Fsp3) is 0.407. The van der Waals surface area contributed by atoms with Crippen LogP contribution in [-0.4, -0.2) is 30.7 Å². The van der Waals surface area contributed by atoms with Gasteiger partial charge in [-0.2, -0.15) is 0 Å². The number of amides is 2. The quantitative estimate of drug-likeness (QED) is 0.386. The summed E-state index contributed by atoms with van der Waals surface area (Å²) in [4.78, 5) is 23.5. The lowest BCUT2D eigenvalue weighted by atomic mass is 9.87. The predicted molar refractivity (Wildman–Crippen MR) is 128 cm³/mol. The molecule has 2 aromatic carbocycles. The summed E-state index contributed by atoms with van der Waals surface area (Å²) in [7, 11) is 0. The molecule has 0 unspecified atom stereocenters. The van der Waals surface area contributed by atoms with E-state index in [0.717, 1.165) is 24.0 Å². The van der Waals surface area contributed by atoms with E-state index in [-0.39, 0.29) is 36.5 Å². The first-order valence-electron chi connectivity index (χ1n) is 11.3. The van der Waals surface area contributed by atoms with Gasteiger partial charge in [-0.3, -0.25) is 4.79 Å². The smallest absolute Gasteiger partial charge is 0.408 e. The van der Waals surface area contributed by atoms with Gasteiger partial charge in [-0.1, -0.05) is 42.5 Å². The van der Waals surface area contributed by atoms with Crippen LogP contribution in [0.15, 0.2) is 48.5 Å². The van der Waals surface area contributed by atoms with Crippen LogP contribution in [0.3, 0.4) is 0 Å². The Balaban J connectivity index is 1.73. The van der Waals surface area contributed by atoms with E-state index in [9.17, 15) is 18.4 Å². The van der Waals surface area contributed by atoms with E-state index in [2.05, 4.69) is 22.5 Å². The number of hydrogen-bond acceptors (Lipinski definition) is 3. The zero-order chi connectivity index (χ0) is 25.0. The number of unbranched alkanes of at least 4 members (excludes halogenated alkanes) is 1. The van der Waals surface area contributed by atoms with E-state index in [1.165, 1.54) is 24.3 Å². The highest BCUT2D eigenvalue weighted by atomic mass is 19.1. The second-order valence-corrected chi connectivity index (χ2v) is 8.89. The summed E-state index contributed by atoms with van der Waals surface area (Å²) in [6.45, 7) is 5.67. The van der Waals surface area contributed by atoms with Gasteiger partial charge in [0.2, 0.25) is 5.91 Å². The Hall–Kier alpha value is -3.40. The number of alkyl carbamates (subject to hydrolysis) is 1. The minimum atomic E-state index is -0.566. The average molecular weight is 471 g/mol. The van der Waals surface area contributed by atoms with Crippen molar-refractivity contribution in [3.63, 3.8) is 0 Å². The minimum Gasteiger partial charge on any atom is -0.444 e. The highest BCUT2D eigenvalue weighted by Crippen LogP contribution is 2.30. The zero-order valence-corrected chi connectivity index (χ0v) is 19.9. The standard InChI is InChI=1S/C27H32F2N2O3/c1-27(2,3)34-26(33)31-19-7-6-18-30-25(32)9-5-4-8-24(20-10-14-22(28)15-11-20)21-12-16-23(29)17-13-21/h10-17,24H,4-5,8-9,18-19H2,1-3H3,(H,30,32)(H,31,33). The zero-order valence-electron chi connectivity index (χ0n) is 19.9. The lowest BCUT2D eigenvalue weighted by Gasteiger charge is -2.19. The Labute approximate surface area is 200 Å². The van der Waals surface area contributed by atoms with Crippen LogP contribution in [0.2, 0.25) is 0 Å². The van der Waals surface area contributed by atoms with Crippen LogP contribution in [0.5, 0.6) is 0 Å². The summed E-state index contributed by atoms with van der Waals surface area (Å²) in [6.07, 6.45) is 2.03. The van der Waals surface area contributed by atoms with E-state index in [4.69, 9.17) is 4.74 Å². The maximum atomic E-state index is 13.3. The molecule has 0 aliphatic rings. The molecule has 2 aromatic rings. The van der Waals surface area contributed by atoms with E-state index in [0.29, 0.717) is 12.8 Å². The minimum absolute atomic E-state index is 0.00685. The Morgan fingerprint density at radius 3 is 1.85 bits per heavy atom. The lowest BCUT2D eigenvalue weighted by molar-refractivity contribution is -0.120. The number of rotatable bonds is 9. The second kappa shape index (κ2) is 13.3. The van der Waals surface area contributed by atoms with Crippen molar-refractivity contribution in [3.8, 4) is 11.8 Å². The number of benzene rings is 2. The molecule has 2 N–H and O–H groups in total. The van der Waals surface area contributed by atoms with Gasteiger partial charge in [0, 0.05) is 12.3 Å². The molecule has 0 fully saturated rings. The molecule has 0 radical (unpaired) electrons. The van der Waals surface area contributed by atoms with Crippen LogP contribution in [-0.2, 0) is 9.53 Å². The molecule has 0 saturated carbocycles. The van der Waals surface area contributed by atoms with E-state index in [1.807, 2.05) is 0 Å². The number of hydrogen-bond donors (Lipinski definition) is 2. The van der Waals surface area contributed by atoms with Crippen molar-refractivity contribution in [3.05, 3.63) is 71.3 Å². The summed E-state index contributed by atoms with van der Waals surface area (Å²) in [5, 5.41) is 5.26. The van der Waals surface area contributed by atoms with Crippen LogP contribution in [0.4, 0.5) is 13.6 Å². The molecule has 0 saturated heterocycles. The number of nitrogens with one attached hydrogen (secondary N) is 2. The number of carbonyl (C=O) groups excluding carboxylic acids is 2. The maximum Gasteiger partial charge on any atom is 0.408 e. The van der Waals surface area contributed by atoms with Crippen LogP contribution >= 0.6 is 0 Å². The van der Waals surface area contributed by atoms with Crippen LogP contribution in [0.25, 0.3) is 0 Å². The highest BCUT2D eigenvalue weighted by Gasteiger charge is 2.16. The predicted octanol–water partition coefficient (Wildman–Crippen LogP) is 5.30. The molecule has 5 nitrogen and oxygen atoms in total. The fourth-order valence-electron chi connectivity index (χ4n) is 3.34. The summed E-state index contributed by atoms with van der Waals surface area (Å²) in [5.74, 6) is 4.82. The molecule has 0 bridgehead atoms. The summed E-state index contributed by atoms with van der Waals surface area (Å²) >= 11 is 0. The summed E-state index contributed by atoms with van der Waals surface area (Å²) in [6, 6.07) is 12.6. The molecule has 182 valence electrons. The van der Waals surface area contributed by atoms with Gasteiger partial charge >= 0.3 is 6.09 Å². The van der Waals surface area contributed by atoms with Gasteiger partial charge in [-0.15, -0.1) is 0 Å². The van der Waals surface area contributed by atoms with Gasteiger partial charge < -0.3 is 15.4 Å². The molecule has 2 rings (SSSR count). The second-order valence-electron chi connectivity index (χ2n) is 8.89. The van der Waals surface area contributed by atoms with Crippen LogP contribution in [0.1, 0.15) is 63.5 Å². The van der Waals surface area contributed by atoms with Crippen molar-refractivity contribution in [2.75, 3.05) is 13.1 Å². The topological polar surface area (TPSA) is 67.4 Å². The van der Waals surface area contributed by atoms with Crippen molar-refractivity contribution in [2.24, 2.45) is 0 Å². The molecular formula is C27H32F2N2O3. The average Bonchev–Trinajstić information content (AvgIpc) is 2.76. The van der Waals surface area contributed by atoms with Crippen molar-refractivity contribution >= 4 is 12.0 Å². The van der Waals surface area contributed by atoms with E-state index < -0.39 is 11.7 Å². The first-order chi connectivity index (χ1) is 16.1. The largest absolute Gasteiger partial charge is 0.444 e. The SMILES string of the molecule is CC(C)(C)OC(=O)NCC#CCNC(=O)CCCCC(c1ccc(F)cc1)c1ccc(F)cc1. The Bertz CT molecular complexity index is 942. The van der Waals surface area contributed by atoms with Crippen molar-refractivity contribution < 1.29 is 23.1 Å². The van der Waals surface area contributed by atoms with Gasteiger partial charge in [0.05, 0.1) is 13.1 Å². The van der Waals surface area contributed by atoms with Gasteiger partial charge in [0.15, 0.2) is 0 Å². The van der Waals surface area contributed by atoms with Crippen molar-refractivity contribution in [1.82, 2.24) is 10.6 Å². The third-order valence-corrected chi connectivity index (χ3v) is 4.91. The fourth-order valence-corrected chi connectivity index (χ4v) is 3.34. The number of carbonyl (C=O) groups is 2. The van der Waals surface area contributed by atoms with E-state index >= 15 is 0 Å². The summed E-state index contributed by atoms with van der Waals surface area (Å²) < 4.78 is 31.8.